The first-order valence-electron chi connectivity index (χ1n) is 5.34. The predicted octanol–water partition coefficient (Wildman–Crippen LogP) is 0.907. The molecule has 4 nitrogen and oxygen atoms in total. The lowest BCUT2D eigenvalue weighted by molar-refractivity contribution is -0.122. The third-order valence-electron chi connectivity index (χ3n) is 2.67. The lowest BCUT2D eigenvalue weighted by Gasteiger charge is -2.08. The van der Waals surface area contributed by atoms with Crippen molar-refractivity contribution in [1.82, 2.24) is 9.55 Å². The number of nitrogens with two attached hydrogens (primary N) is 1. The summed E-state index contributed by atoms with van der Waals surface area (Å²) < 4.78 is 1.95. The van der Waals surface area contributed by atoms with E-state index < -0.39 is 0 Å². The van der Waals surface area contributed by atoms with Crippen LogP contribution in [0.2, 0.25) is 0 Å². The van der Waals surface area contributed by atoms with Crippen LogP contribution in [0.5, 0.6) is 0 Å². The molecule has 0 aliphatic carbocycles. The Morgan fingerprint density at radius 3 is 2.93 bits per heavy atom. The fourth-order valence-corrected chi connectivity index (χ4v) is 1.53. The van der Waals surface area contributed by atoms with E-state index in [0.29, 0.717) is 13.0 Å². The number of imidazole rings is 1. The van der Waals surface area contributed by atoms with Gasteiger partial charge in [-0.15, -0.1) is 0 Å². The van der Waals surface area contributed by atoms with Crippen molar-refractivity contribution in [2.24, 2.45) is 18.7 Å². The summed E-state index contributed by atoms with van der Waals surface area (Å²) >= 11 is 0. The summed E-state index contributed by atoms with van der Waals surface area (Å²) in [5, 5.41) is 0. The number of aromatic nitrogens is 2. The summed E-state index contributed by atoms with van der Waals surface area (Å²) in [7, 11) is 1.94. The van der Waals surface area contributed by atoms with E-state index in [9.17, 15) is 4.79 Å². The Balaban J connectivity index is 2.37. The predicted molar refractivity (Wildman–Crippen MR) is 59.4 cm³/mol. The maximum Gasteiger partial charge on any atom is 0.136 e. The molecule has 0 aromatic carbocycles. The fourth-order valence-electron chi connectivity index (χ4n) is 1.53. The minimum atomic E-state index is 0.0790. The number of carbonyl (C=O) groups excluding carboxylic acids is 1. The third kappa shape index (κ3) is 3.47. The fraction of sp³-hybridized carbons (Fsp3) is 0.636. The van der Waals surface area contributed by atoms with Gasteiger partial charge in [-0.05, 0) is 13.0 Å². The highest BCUT2D eigenvalue weighted by molar-refractivity contribution is 5.80. The highest BCUT2D eigenvalue weighted by atomic mass is 16.1. The van der Waals surface area contributed by atoms with Crippen LogP contribution in [0, 0.1) is 5.92 Å². The molecule has 84 valence electrons. The Morgan fingerprint density at radius 2 is 2.40 bits per heavy atom. The smallest absolute Gasteiger partial charge is 0.136 e. The number of aryl methyl sites for hydroxylation is 2. The number of hydrogen-bond acceptors (Lipinski definition) is 3. The van der Waals surface area contributed by atoms with Crippen LogP contribution in [0.1, 0.15) is 25.6 Å². The number of carbonyl (C=O) groups is 1. The molecular weight excluding hydrogens is 190 g/mol. The molecule has 0 amide bonds. The highest BCUT2D eigenvalue weighted by Gasteiger charge is 2.12. The van der Waals surface area contributed by atoms with E-state index in [0.717, 1.165) is 18.7 Å². The lowest BCUT2D eigenvalue weighted by Crippen LogP contribution is -2.16. The summed E-state index contributed by atoms with van der Waals surface area (Å²) in [4.78, 5) is 15.8. The summed E-state index contributed by atoms with van der Waals surface area (Å²) in [5.74, 6) is 1.32. The monoisotopic (exact) mass is 209 g/mol. The molecule has 1 aromatic rings. The van der Waals surface area contributed by atoms with Crippen LogP contribution in [-0.2, 0) is 18.3 Å². The van der Waals surface area contributed by atoms with E-state index in [1.807, 2.05) is 24.7 Å². The van der Waals surface area contributed by atoms with Crippen LogP contribution in [0.3, 0.4) is 0 Å². The van der Waals surface area contributed by atoms with E-state index >= 15 is 0 Å². The zero-order valence-electron chi connectivity index (χ0n) is 9.44. The average Bonchev–Trinajstić information content (AvgIpc) is 2.61. The topological polar surface area (TPSA) is 60.9 Å². The van der Waals surface area contributed by atoms with Crippen molar-refractivity contribution >= 4 is 5.78 Å². The second kappa shape index (κ2) is 5.66. The Labute approximate surface area is 90.5 Å². The zero-order chi connectivity index (χ0) is 11.3. The molecule has 0 bridgehead atoms. The lowest BCUT2D eigenvalue weighted by atomic mass is 9.99. The summed E-state index contributed by atoms with van der Waals surface area (Å²) in [5.41, 5.74) is 5.41. The number of hydrogen-bond donors (Lipinski definition) is 1. The largest absolute Gasteiger partial charge is 0.338 e. The molecular formula is C11H19N3O. The van der Waals surface area contributed by atoms with E-state index in [1.165, 1.54) is 0 Å². The number of Topliss-reactive ketones (excluding diaryl/α,β-unsaturated/α-hetero) is 1. The van der Waals surface area contributed by atoms with Gasteiger partial charge in [0.2, 0.25) is 0 Å². The van der Waals surface area contributed by atoms with E-state index in [-0.39, 0.29) is 11.7 Å². The van der Waals surface area contributed by atoms with Gasteiger partial charge in [0.15, 0.2) is 0 Å². The van der Waals surface area contributed by atoms with Gasteiger partial charge in [0.1, 0.15) is 11.6 Å². The van der Waals surface area contributed by atoms with Gasteiger partial charge in [0, 0.05) is 38.2 Å². The van der Waals surface area contributed by atoms with Crippen LogP contribution < -0.4 is 5.73 Å². The number of nitrogens with zero attached hydrogens (tertiary/aromatic N) is 2. The Bertz CT molecular complexity index is 319. The first kappa shape index (κ1) is 11.9. The van der Waals surface area contributed by atoms with Gasteiger partial charge in [0.05, 0.1) is 0 Å². The van der Waals surface area contributed by atoms with Crippen molar-refractivity contribution in [2.45, 2.75) is 26.2 Å². The van der Waals surface area contributed by atoms with E-state index in [1.54, 1.807) is 6.20 Å². The van der Waals surface area contributed by atoms with Gasteiger partial charge in [0.25, 0.3) is 0 Å². The Kier molecular flexibility index (Phi) is 4.49. The van der Waals surface area contributed by atoms with Crippen LogP contribution in [0.4, 0.5) is 0 Å². The van der Waals surface area contributed by atoms with Gasteiger partial charge in [-0.2, -0.15) is 0 Å². The van der Waals surface area contributed by atoms with Gasteiger partial charge >= 0.3 is 0 Å². The number of rotatable bonds is 6. The molecule has 1 rings (SSSR count). The third-order valence-corrected chi connectivity index (χ3v) is 2.67. The number of ketones is 1. The molecule has 0 saturated carbocycles. The minimum Gasteiger partial charge on any atom is -0.338 e. The molecule has 0 aliphatic heterocycles. The van der Waals surface area contributed by atoms with Crippen LogP contribution >= 0.6 is 0 Å². The van der Waals surface area contributed by atoms with Gasteiger partial charge in [-0.1, -0.05) is 6.92 Å². The van der Waals surface area contributed by atoms with Crippen molar-refractivity contribution in [3.8, 4) is 0 Å². The van der Waals surface area contributed by atoms with Gasteiger partial charge in [-0.25, -0.2) is 4.98 Å². The van der Waals surface area contributed by atoms with Gasteiger partial charge < -0.3 is 10.3 Å². The van der Waals surface area contributed by atoms with E-state index in [2.05, 4.69) is 4.98 Å². The molecule has 1 atom stereocenters. The normalized spacial score (nSPS) is 12.7. The molecule has 0 spiro atoms. The molecule has 1 aromatic heterocycles. The zero-order valence-corrected chi connectivity index (χ0v) is 9.44. The molecule has 2 N–H and O–H groups in total. The second-order valence-electron chi connectivity index (χ2n) is 3.90. The maximum absolute atomic E-state index is 11.6. The SMILES string of the molecule is CC(CCN)C(=O)CCc1nccn1C. The quantitative estimate of drug-likeness (QED) is 0.757. The van der Waals surface area contributed by atoms with Crippen LogP contribution in [0.15, 0.2) is 12.4 Å². The summed E-state index contributed by atoms with van der Waals surface area (Å²) in [6.45, 7) is 2.52. The molecule has 0 fully saturated rings. The highest BCUT2D eigenvalue weighted by Crippen LogP contribution is 2.08. The first-order chi connectivity index (χ1) is 7.15. The molecule has 0 saturated heterocycles. The molecule has 1 unspecified atom stereocenters. The van der Waals surface area contributed by atoms with Crippen LogP contribution in [0.25, 0.3) is 0 Å². The molecule has 1 heterocycles. The van der Waals surface area contributed by atoms with Crippen molar-refractivity contribution in [3.63, 3.8) is 0 Å². The first-order valence-corrected chi connectivity index (χ1v) is 5.34. The molecule has 4 heteroatoms. The average molecular weight is 209 g/mol. The second-order valence-corrected chi connectivity index (χ2v) is 3.90. The van der Waals surface area contributed by atoms with Crippen molar-refractivity contribution in [3.05, 3.63) is 18.2 Å². The molecule has 0 radical (unpaired) electrons. The molecule has 15 heavy (non-hydrogen) atoms. The van der Waals surface area contributed by atoms with Crippen LogP contribution in [-0.4, -0.2) is 21.9 Å². The van der Waals surface area contributed by atoms with Crippen molar-refractivity contribution in [2.75, 3.05) is 6.54 Å². The Hall–Kier alpha value is -1.16. The molecule has 0 aliphatic rings. The van der Waals surface area contributed by atoms with Crippen molar-refractivity contribution in [1.29, 1.82) is 0 Å². The van der Waals surface area contributed by atoms with Crippen molar-refractivity contribution < 1.29 is 4.79 Å². The summed E-state index contributed by atoms with van der Waals surface area (Å²) in [6.07, 6.45) is 5.70. The summed E-state index contributed by atoms with van der Waals surface area (Å²) in [6, 6.07) is 0. The standard InChI is InChI=1S/C11H19N3O/c1-9(5-6-12)10(15)3-4-11-13-7-8-14(11)2/h7-9H,3-6,12H2,1-2H3. The maximum atomic E-state index is 11.6. The van der Waals surface area contributed by atoms with E-state index in [4.69, 9.17) is 5.73 Å². The minimum absolute atomic E-state index is 0.0790. The van der Waals surface area contributed by atoms with Gasteiger partial charge in [-0.3, -0.25) is 4.79 Å². The Morgan fingerprint density at radius 1 is 1.67 bits per heavy atom.